The van der Waals surface area contributed by atoms with Gasteiger partial charge in [-0.3, -0.25) is 0 Å². The number of halogens is 1. The van der Waals surface area contributed by atoms with Gasteiger partial charge in [0.05, 0.1) is 11.1 Å². The Hall–Kier alpha value is -0.710. The average Bonchev–Trinajstić information content (AvgIpc) is 2.16. The third kappa shape index (κ3) is 2.62. The van der Waals surface area contributed by atoms with Crippen LogP contribution in [0.25, 0.3) is 0 Å². The lowest BCUT2D eigenvalue weighted by molar-refractivity contribution is 0.0975. The molecular weight excluding hydrogens is 184 g/mol. The zero-order chi connectivity index (χ0) is 9.68. The smallest absolute Gasteiger partial charge is 0.108 e. The summed E-state index contributed by atoms with van der Waals surface area (Å²) < 4.78 is 5.40. The largest absolute Gasteiger partial charge is 0.360 e. The van der Waals surface area contributed by atoms with Crippen LogP contribution < -0.4 is 0 Å². The molecule has 0 N–H and O–H groups in total. The van der Waals surface area contributed by atoms with Crippen molar-refractivity contribution in [2.24, 2.45) is 0 Å². The summed E-state index contributed by atoms with van der Waals surface area (Å²) in [6.45, 7) is 4.04. The molecule has 1 nitrogen and oxygen atoms in total. The summed E-state index contributed by atoms with van der Waals surface area (Å²) >= 11 is 6.10. The fraction of sp³-hybridized carbons (Fsp3) is 0.455. The second-order valence-electron chi connectivity index (χ2n) is 2.97. The maximum Gasteiger partial charge on any atom is 0.108 e. The summed E-state index contributed by atoms with van der Waals surface area (Å²) in [4.78, 5) is 0. The van der Waals surface area contributed by atoms with Gasteiger partial charge in [0.2, 0.25) is 0 Å². The quantitative estimate of drug-likeness (QED) is 0.631. The van der Waals surface area contributed by atoms with Crippen LogP contribution in [0, 0.1) is 12.3 Å². The molecule has 2 heteroatoms. The van der Waals surface area contributed by atoms with Crippen molar-refractivity contribution < 1.29 is 4.74 Å². The van der Waals surface area contributed by atoms with Crippen LogP contribution in [-0.2, 0) is 4.74 Å². The van der Waals surface area contributed by atoms with Crippen LogP contribution in [0.2, 0.25) is 0 Å². The fourth-order valence-corrected chi connectivity index (χ4v) is 1.78. The number of rotatable bonds is 3. The average molecular weight is 197 g/mol. The van der Waals surface area contributed by atoms with Crippen molar-refractivity contribution in [3.05, 3.63) is 23.3 Å². The number of ether oxygens (including phenoxy) is 1. The minimum absolute atomic E-state index is 0.0144. The lowest BCUT2D eigenvalue weighted by Crippen LogP contribution is -2.18. The molecule has 1 atom stereocenters. The molecule has 70 valence electrons. The van der Waals surface area contributed by atoms with E-state index in [4.69, 9.17) is 22.8 Å². The van der Waals surface area contributed by atoms with Gasteiger partial charge in [-0.1, -0.05) is 30.2 Å². The molecule has 0 aromatic carbocycles. The van der Waals surface area contributed by atoms with E-state index in [9.17, 15) is 0 Å². The maximum atomic E-state index is 6.10. The highest BCUT2D eigenvalue weighted by molar-refractivity contribution is 6.30. The van der Waals surface area contributed by atoms with E-state index >= 15 is 0 Å². The standard InChI is InChI=1S/C11H13ClO/c1-3-8-13-10-7-5-6-9(4-2)11(10)12/h1,4,10H,2,5-8H2. The lowest BCUT2D eigenvalue weighted by Gasteiger charge is -2.22. The highest BCUT2D eigenvalue weighted by Crippen LogP contribution is 2.30. The van der Waals surface area contributed by atoms with E-state index < -0.39 is 0 Å². The van der Waals surface area contributed by atoms with Crippen molar-refractivity contribution in [2.45, 2.75) is 25.4 Å². The molecule has 1 rings (SSSR count). The first-order valence-electron chi connectivity index (χ1n) is 4.35. The summed E-state index contributed by atoms with van der Waals surface area (Å²) in [5.41, 5.74) is 1.09. The summed E-state index contributed by atoms with van der Waals surface area (Å²) in [5, 5.41) is 0.775. The molecule has 0 spiro atoms. The van der Waals surface area contributed by atoms with Crippen LogP contribution in [0.1, 0.15) is 19.3 Å². The van der Waals surface area contributed by atoms with Crippen LogP contribution in [0.15, 0.2) is 23.3 Å². The molecule has 13 heavy (non-hydrogen) atoms. The van der Waals surface area contributed by atoms with Crippen molar-refractivity contribution in [3.8, 4) is 12.3 Å². The van der Waals surface area contributed by atoms with E-state index in [-0.39, 0.29) is 6.10 Å². The van der Waals surface area contributed by atoms with Crippen molar-refractivity contribution in [1.29, 1.82) is 0 Å². The van der Waals surface area contributed by atoms with Crippen LogP contribution >= 0.6 is 11.6 Å². The van der Waals surface area contributed by atoms with E-state index in [0.717, 1.165) is 29.9 Å². The van der Waals surface area contributed by atoms with E-state index in [0.29, 0.717) is 6.61 Å². The Kier molecular flexibility index (Phi) is 4.08. The maximum absolute atomic E-state index is 6.10. The van der Waals surface area contributed by atoms with E-state index in [2.05, 4.69) is 12.5 Å². The molecule has 0 aliphatic heterocycles. The predicted molar refractivity (Wildman–Crippen MR) is 55.5 cm³/mol. The van der Waals surface area contributed by atoms with Crippen LogP contribution in [-0.4, -0.2) is 12.7 Å². The topological polar surface area (TPSA) is 9.23 Å². The summed E-state index contributed by atoms with van der Waals surface area (Å²) in [6.07, 6.45) is 9.93. The van der Waals surface area contributed by atoms with Crippen LogP contribution in [0.5, 0.6) is 0 Å². The fourth-order valence-electron chi connectivity index (χ4n) is 1.44. The van der Waals surface area contributed by atoms with Gasteiger partial charge in [0.25, 0.3) is 0 Å². The molecule has 0 aromatic rings. The molecule has 0 bridgehead atoms. The van der Waals surface area contributed by atoms with Gasteiger partial charge in [-0.2, -0.15) is 0 Å². The molecule has 0 saturated heterocycles. The Morgan fingerprint density at radius 3 is 3.15 bits per heavy atom. The van der Waals surface area contributed by atoms with Gasteiger partial charge in [0.1, 0.15) is 6.61 Å². The first-order valence-corrected chi connectivity index (χ1v) is 4.73. The lowest BCUT2D eigenvalue weighted by atomic mass is 9.97. The zero-order valence-electron chi connectivity index (χ0n) is 7.55. The summed E-state index contributed by atoms with van der Waals surface area (Å²) in [6, 6.07) is 0. The second kappa shape index (κ2) is 5.11. The molecule has 0 fully saturated rings. The number of hydrogen-bond acceptors (Lipinski definition) is 1. The predicted octanol–water partition coefficient (Wildman–Crippen LogP) is 2.87. The van der Waals surface area contributed by atoms with E-state index in [1.165, 1.54) is 0 Å². The zero-order valence-corrected chi connectivity index (χ0v) is 8.31. The second-order valence-corrected chi connectivity index (χ2v) is 3.38. The van der Waals surface area contributed by atoms with Gasteiger partial charge in [0.15, 0.2) is 0 Å². The number of hydrogen-bond donors (Lipinski definition) is 0. The highest BCUT2D eigenvalue weighted by atomic mass is 35.5. The third-order valence-electron chi connectivity index (χ3n) is 2.12. The monoisotopic (exact) mass is 196 g/mol. The van der Waals surface area contributed by atoms with Gasteiger partial charge in [-0.25, -0.2) is 0 Å². The van der Waals surface area contributed by atoms with E-state index in [1.807, 2.05) is 0 Å². The first kappa shape index (κ1) is 10.4. The molecule has 0 aromatic heterocycles. The Morgan fingerprint density at radius 1 is 1.77 bits per heavy atom. The minimum Gasteiger partial charge on any atom is -0.360 e. The Morgan fingerprint density at radius 2 is 2.54 bits per heavy atom. The Bertz CT molecular complexity index is 260. The molecule has 0 heterocycles. The van der Waals surface area contributed by atoms with Gasteiger partial charge in [-0.05, 0) is 24.8 Å². The van der Waals surface area contributed by atoms with Crippen molar-refractivity contribution >= 4 is 11.6 Å². The third-order valence-corrected chi connectivity index (χ3v) is 2.60. The van der Waals surface area contributed by atoms with Gasteiger partial charge in [0, 0.05) is 0 Å². The highest BCUT2D eigenvalue weighted by Gasteiger charge is 2.20. The molecule has 0 saturated carbocycles. The number of terminal acetylenes is 1. The Balaban J connectivity index is 2.65. The Labute approximate surface area is 84.4 Å². The minimum atomic E-state index is -0.0144. The van der Waals surface area contributed by atoms with E-state index in [1.54, 1.807) is 6.08 Å². The molecule has 0 radical (unpaired) electrons. The van der Waals surface area contributed by atoms with Crippen molar-refractivity contribution in [2.75, 3.05) is 6.61 Å². The van der Waals surface area contributed by atoms with Gasteiger partial charge < -0.3 is 4.74 Å². The SMILES string of the molecule is C#CCOC1CCCC(C=C)=C1Cl. The summed E-state index contributed by atoms with van der Waals surface area (Å²) in [5.74, 6) is 2.44. The van der Waals surface area contributed by atoms with Crippen LogP contribution in [0.4, 0.5) is 0 Å². The van der Waals surface area contributed by atoms with Gasteiger partial charge >= 0.3 is 0 Å². The molecule has 1 unspecified atom stereocenters. The normalized spacial score (nSPS) is 22.6. The molecular formula is C11H13ClO. The molecule has 1 aliphatic rings. The van der Waals surface area contributed by atoms with Crippen molar-refractivity contribution in [3.63, 3.8) is 0 Å². The molecule has 1 aliphatic carbocycles. The first-order chi connectivity index (χ1) is 6.29. The van der Waals surface area contributed by atoms with Crippen molar-refractivity contribution in [1.82, 2.24) is 0 Å². The number of allylic oxidation sites excluding steroid dienone is 2. The van der Waals surface area contributed by atoms with Gasteiger partial charge in [-0.15, -0.1) is 6.42 Å². The summed E-state index contributed by atoms with van der Waals surface area (Å²) in [7, 11) is 0. The van der Waals surface area contributed by atoms with Crippen LogP contribution in [0.3, 0.4) is 0 Å². The molecule has 0 amide bonds.